The van der Waals surface area contributed by atoms with Gasteiger partial charge in [-0.1, -0.05) is 19.9 Å². The number of benzene rings is 1. The van der Waals surface area contributed by atoms with Crippen molar-refractivity contribution in [3.63, 3.8) is 0 Å². The zero-order chi connectivity index (χ0) is 15.1. The van der Waals surface area contributed by atoms with Crippen molar-refractivity contribution in [3.05, 3.63) is 35.1 Å². The van der Waals surface area contributed by atoms with Gasteiger partial charge in [-0.2, -0.15) is 13.2 Å². The molecule has 1 amide bonds. The minimum Gasteiger partial charge on any atom is -0.449 e. The maximum atomic E-state index is 13.3. The molecule has 1 aromatic carbocycles. The number of rotatable bonds is 1. The van der Waals surface area contributed by atoms with E-state index >= 15 is 0 Å². The number of nitrogens with one attached hydrogen (secondary N) is 1. The largest absolute Gasteiger partial charge is 0.449 e. The number of alkyl carbamates (subject to hydrolysis) is 1. The van der Waals surface area contributed by atoms with Crippen LogP contribution in [0.25, 0.3) is 0 Å². The fraction of sp³-hybridized carbons (Fsp3) is 0.462. The minimum absolute atomic E-state index is 0. The van der Waals surface area contributed by atoms with Crippen molar-refractivity contribution in [2.75, 3.05) is 6.61 Å². The Hall–Kier alpha value is -1.50. The molecule has 1 aliphatic rings. The molecule has 0 saturated carbocycles. The number of carbonyl (C=O) groups is 1. The van der Waals surface area contributed by atoms with Crippen molar-refractivity contribution in [3.8, 4) is 0 Å². The number of amides is 1. The maximum absolute atomic E-state index is 13.3. The summed E-state index contributed by atoms with van der Waals surface area (Å²) >= 11 is 0. The van der Waals surface area contributed by atoms with Gasteiger partial charge in [-0.25, -0.2) is 9.18 Å². The smallest absolute Gasteiger partial charge is 0.419 e. The third-order valence-electron chi connectivity index (χ3n) is 3.25. The molecular formula is C13H14ClF4NO2. The molecule has 1 atom stereocenters. The first kappa shape index (κ1) is 17.6. The lowest BCUT2D eigenvalue weighted by Gasteiger charge is -2.38. The average molecular weight is 328 g/mol. The Morgan fingerprint density at radius 2 is 1.95 bits per heavy atom. The number of cyclic esters (lactones) is 1. The molecule has 3 nitrogen and oxygen atoms in total. The Bertz CT molecular complexity index is 545. The van der Waals surface area contributed by atoms with E-state index in [1.54, 1.807) is 13.8 Å². The van der Waals surface area contributed by atoms with Crippen molar-refractivity contribution >= 4 is 18.5 Å². The lowest BCUT2D eigenvalue weighted by atomic mass is 9.80. The maximum Gasteiger partial charge on any atom is 0.419 e. The molecule has 21 heavy (non-hydrogen) atoms. The molecule has 1 fully saturated rings. The van der Waals surface area contributed by atoms with Crippen LogP contribution < -0.4 is 5.32 Å². The molecule has 1 aromatic rings. The van der Waals surface area contributed by atoms with E-state index in [9.17, 15) is 22.4 Å². The first-order valence-electron chi connectivity index (χ1n) is 5.91. The summed E-state index contributed by atoms with van der Waals surface area (Å²) < 4.78 is 56.2. The van der Waals surface area contributed by atoms with Crippen LogP contribution in [0.5, 0.6) is 0 Å². The summed E-state index contributed by atoms with van der Waals surface area (Å²) in [6, 6.07) is 2.05. The van der Waals surface area contributed by atoms with Crippen LogP contribution in [0.1, 0.15) is 31.0 Å². The van der Waals surface area contributed by atoms with Crippen LogP contribution in [-0.4, -0.2) is 12.7 Å². The monoisotopic (exact) mass is 327 g/mol. The predicted octanol–water partition coefficient (Wildman–Crippen LogP) is 4.07. The van der Waals surface area contributed by atoms with Gasteiger partial charge >= 0.3 is 12.3 Å². The van der Waals surface area contributed by atoms with Gasteiger partial charge in [-0.15, -0.1) is 12.4 Å². The molecule has 0 unspecified atom stereocenters. The Kier molecular flexibility index (Phi) is 4.77. The van der Waals surface area contributed by atoms with Crippen molar-refractivity contribution in [1.29, 1.82) is 0 Å². The van der Waals surface area contributed by atoms with Crippen molar-refractivity contribution in [1.82, 2.24) is 5.32 Å². The highest BCUT2D eigenvalue weighted by Crippen LogP contribution is 2.39. The number of hydrogen-bond donors (Lipinski definition) is 1. The standard InChI is InChI=1S/C13H13F4NO2.ClH/c1-12(2)6-20-11(19)18-10(12)7-3-4-9(14)8(5-7)13(15,16)17;/h3-5,10H,6H2,1-2H3,(H,18,19);1H/t10-;/m0./s1. The molecule has 8 heteroatoms. The van der Waals surface area contributed by atoms with E-state index in [0.717, 1.165) is 12.1 Å². The number of ether oxygens (including phenoxy) is 1. The predicted molar refractivity (Wildman–Crippen MR) is 69.7 cm³/mol. The van der Waals surface area contributed by atoms with Crippen LogP contribution in [0.3, 0.4) is 0 Å². The van der Waals surface area contributed by atoms with Gasteiger partial charge in [-0.05, 0) is 17.7 Å². The summed E-state index contributed by atoms with van der Waals surface area (Å²) in [4.78, 5) is 11.3. The van der Waals surface area contributed by atoms with Crippen LogP contribution in [0.4, 0.5) is 22.4 Å². The molecular weight excluding hydrogens is 314 g/mol. The molecule has 1 heterocycles. The molecule has 1 N–H and O–H groups in total. The van der Waals surface area contributed by atoms with Gasteiger partial charge in [0.15, 0.2) is 0 Å². The summed E-state index contributed by atoms with van der Waals surface area (Å²) in [5, 5.41) is 2.47. The zero-order valence-electron chi connectivity index (χ0n) is 11.3. The Morgan fingerprint density at radius 3 is 2.52 bits per heavy atom. The molecule has 0 spiro atoms. The van der Waals surface area contributed by atoms with Gasteiger partial charge in [0.25, 0.3) is 0 Å². The molecule has 1 aliphatic heterocycles. The van der Waals surface area contributed by atoms with Crippen LogP contribution in [-0.2, 0) is 10.9 Å². The number of hydrogen-bond acceptors (Lipinski definition) is 2. The highest BCUT2D eigenvalue weighted by molar-refractivity contribution is 5.85. The molecule has 0 aliphatic carbocycles. The average Bonchev–Trinajstić information content (AvgIpc) is 2.32. The van der Waals surface area contributed by atoms with Crippen molar-refractivity contribution in [2.45, 2.75) is 26.1 Å². The number of halogens is 5. The minimum atomic E-state index is -4.78. The van der Waals surface area contributed by atoms with Crippen LogP contribution in [0.15, 0.2) is 18.2 Å². The van der Waals surface area contributed by atoms with Crippen molar-refractivity contribution in [2.24, 2.45) is 5.41 Å². The summed E-state index contributed by atoms with van der Waals surface area (Å²) in [7, 11) is 0. The lowest BCUT2D eigenvalue weighted by molar-refractivity contribution is -0.140. The van der Waals surface area contributed by atoms with E-state index in [2.05, 4.69) is 5.32 Å². The van der Waals surface area contributed by atoms with Crippen LogP contribution in [0, 0.1) is 11.2 Å². The summed E-state index contributed by atoms with van der Waals surface area (Å²) in [5.41, 5.74) is -1.75. The van der Waals surface area contributed by atoms with Crippen LogP contribution >= 0.6 is 12.4 Å². The SMILES string of the molecule is CC1(C)COC(=O)N[C@H]1c1ccc(F)c(C(F)(F)F)c1.Cl. The Balaban J connectivity index is 0.00000220. The molecule has 2 rings (SSSR count). The van der Waals surface area contributed by atoms with Crippen LogP contribution in [0.2, 0.25) is 0 Å². The van der Waals surface area contributed by atoms with Gasteiger partial charge in [-0.3, -0.25) is 0 Å². The highest BCUT2D eigenvalue weighted by Gasteiger charge is 2.40. The van der Waals surface area contributed by atoms with Gasteiger partial charge in [0.05, 0.1) is 11.6 Å². The number of alkyl halides is 3. The van der Waals surface area contributed by atoms with E-state index in [-0.39, 0.29) is 24.6 Å². The van der Waals surface area contributed by atoms with E-state index in [1.165, 1.54) is 6.07 Å². The topological polar surface area (TPSA) is 38.3 Å². The molecule has 0 bridgehead atoms. The van der Waals surface area contributed by atoms with E-state index < -0.39 is 35.1 Å². The summed E-state index contributed by atoms with van der Waals surface area (Å²) in [5.74, 6) is -1.34. The molecule has 0 radical (unpaired) electrons. The quantitative estimate of drug-likeness (QED) is 0.789. The van der Waals surface area contributed by atoms with Crippen molar-refractivity contribution < 1.29 is 27.1 Å². The van der Waals surface area contributed by atoms with Gasteiger partial charge in [0, 0.05) is 5.41 Å². The third kappa shape index (κ3) is 3.58. The molecule has 118 valence electrons. The Labute approximate surface area is 125 Å². The fourth-order valence-corrected chi connectivity index (χ4v) is 2.16. The van der Waals surface area contributed by atoms with Gasteiger partial charge in [0.1, 0.15) is 12.4 Å². The highest BCUT2D eigenvalue weighted by atomic mass is 35.5. The third-order valence-corrected chi connectivity index (χ3v) is 3.25. The fourth-order valence-electron chi connectivity index (χ4n) is 2.16. The normalized spacial score (nSPS) is 21.0. The lowest BCUT2D eigenvalue weighted by Crippen LogP contribution is -2.47. The molecule has 0 aromatic heterocycles. The zero-order valence-corrected chi connectivity index (χ0v) is 12.1. The van der Waals surface area contributed by atoms with Gasteiger partial charge < -0.3 is 10.1 Å². The first-order valence-corrected chi connectivity index (χ1v) is 5.91. The number of carbonyl (C=O) groups excluding carboxylic acids is 1. The first-order chi connectivity index (χ1) is 9.11. The van der Waals surface area contributed by atoms with Gasteiger partial charge in [0.2, 0.25) is 0 Å². The Morgan fingerprint density at radius 1 is 1.33 bits per heavy atom. The van der Waals surface area contributed by atoms with E-state index in [1.807, 2.05) is 0 Å². The summed E-state index contributed by atoms with van der Waals surface area (Å²) in [6.45, 7) is 3.56. The summed E-state index contributed by atoms with van der Waals surface area (Å²) in [6.07, 6.45) is -5.48. The van der Waals surface area contributed by atoms with E-state index in [0.29, 0.717) is 0 Å². The second-order valence-electron chi connectivity index (χ2n) is 5.38. The second kappa shape index (κ2) is 5.71. The van der Waals surface area contributed by atoms with E-state index in [4.69, 9.17) is 4.74 Å². The molecule has 1 saturated heterocycles. The second-order valence-corrected chi connectivity index (χ2v) is 5.38.